The fraction of sp³-hybridized carbons (Fsp3) is 0.296. The molecule has 1 aliphatic heterocycles. The van der Waals surface area contributed by atoms with Crippen LogP contribution in [0.5, 0.6) is 0 Å². The monoisotopic (exact) mass is 457 g/mol. The van der Waals surface area contributed by atoms with Crippen molar-refractivity contribution in [2.24, 2.45) is 5.92 Å². The standard InChI is InChI=1S/C27H27N3O4/c1-18(2)34-27(33)21-13-15-30(16-14-21)26(32)20-9-7-19(8-10-20)25(31)12-11-22-17-28-23-5-3-4-6-24(23)29-22/h3-12,17-18,21H,13-16H2,1-2H3/b12-11+. The van der Waals surface area contributed by atoms with E-state index in [9.17, 15) is 14.4 Å². The molecule has 1 fully saturated rings. The molecular weight excluding hydrogens is 430 g/mol. The van der Waals surface area contributed by atoms with Gasteiger partial charge in [0.25, 0.3) is 5.91 Å². The van der Waals surface area contributed by atoms with Gasteiger partial charge in [-0.05, 0) is 63.1 Å². The van der Waals surface area contributed by atoms with E-state index in [1.165, 1.54) is 6.08 Å². The van der Waals surface area contributed by atoms with Gasteiger partial charge in [-0.15, -0.1) is 0 Å². The Bertz CT molecular complexity index is 1230. The van der Waals surface area contributed by atoms with Crippen LogP contribution in [0.2, 0.25) is 0 Å². The Morgan fingerprint density at radius 3 is 2.29 bits per heavy atom. The summed E-state index contributed by atoms with van der Waals surface area (Å²) in [6.07, 6.45) is 5.77. The second-order valence-electron chi connectivity index (χ2n) is 8.61. The van der Waals surface area contributed by atoms with Gasteiger partial charge in [0.2, 0.25) is 0 Å². The fourth-order valence-corrected chi connectivity index (χ4v) is 3.92. The number of nitrogens with zero attached hydrogens (tertiary/aromatic N) is 3. The lowest BCUT2D eigenvalue weighted by Crippen LogP contribution is -2.41. The number of carbonyl (C=O) groups excluding carboxylic acids is 3. The van der Waals surface area contributed by atoms with Crippen LogP contribution in [0.3, 0.4) is 0 Å². The molecule has 0 spiro atoms. The molecule has 0 radical (unpaired) electrons. The highest BCUT2D eigenvalue weighted by Gasteiger charge is 2.29. The van der Waals surface area contributed by atoms with Crippen molar-refractivity contribution in [2.75, 3.05) is 13.1 Å². The number of piperidine rings is 1. The van der Waals surface area contributed by atoms with Crippen LogP contribution < -0.4 is 0 Å². The summed E-state index contributed by atoms with van der Waals surface area (Å²) in [4.78, 5) is 48.1. The predicted octanol–water partition coefficient (Wildman–Crippen LogP) is 4.33. The highest BCUT2D eigenvalue weighted by Crippen LogP contribution is 2.21. The smallest absolute Gasteiger partial charge is 0.309 e. The fourth-order valence-electron chi connectivity index (χ4n) is 3.92. The van der Waals surface area contributed by atoms with E-state index in [2.05, 4.69) is 9.97 Å². The summed E-state index contributed by atoms with van der Waals surface area (Å²) in [5, 5.41) is 0. The van der Waals surface area contributed by atoms with E-state index in [-0.39, 0.29) is 29.7 Å². The number of ketones is 1. The average Bonchev–Trinajstić information content (AvgIpc) is 2.86. The Morgan fingerprint density at radius 2 is 1.62 bits per heavy atom. The molecule has 7 nitrogen and oxygen atoms in total. The van der Waals surface area contributed by atoms with Gasteiger partial charge in [0.1, 0.15) is 0 Å². The SMILES string of the molecule is CC(C)OC(=O)C1CCN(C(=O)c2ccc(C(=O)/C=C/c3cnc4ccccc4n3)cc2)CC1. The molecule has 0 unspecified atom stereocenters. The molecular formula is C27H27N3O4. The van der Waals surface area contributed by atoms with Gasteiger partial charge in [0, 0.05) is 24.2 Å². The number of benzene rings is 2. The minimum absolute atomic E-state index is 0.100. The van der Waals surface area contributed by atoms with Crippen LogP contribution >= 0.6 is 0 Å². The second kappa shape index (κ2) is 10.4. The maximum atomic E-state index is 12.8. The van der Waals surface area contributed by atoms with E-state index < -0.39 is 0 Å². The molecule has 1 saturated heterocycles. The number of fused-ring (bicyclic) bond motifs is 1. The number of allylic oxidation sites excluding steroid dienone is 1. The molecule has 0 saturated carbocycles. The number of para-hydroxylation sites is 2. The number of ether oxygens (including phenoxy) is 1. The summed E-state index contributed by atoms with van der Waals surface area (Å²) in [5.74, 6) is -0.631. The molecule has 34 heavy (non-hydrogen) atoms. The van der Waals surface area contributed by atoms with Gasteiger partial charge in [0.15, 0.2) is 5.78 Å². The van der Waals surface area contributed by atoms with E-state index in [1.54, 1.807) is 41.4 Å². The lowest BCUT2D eigenvalue weighted by molar-refractivity contribution is -0.153. The van der Waals surface area contributed by atoms with Crippen LogP contribution in [0.25, 0.3) is 17.1 Å². The molecule has 3 aromatic rings. The second-order valence-corrected chi connectivity index (χ2v) is 8.61. The van der Waals surface area contributed by atoms with Gasteiger partial charge in [-0.2, -0.15) is 0 Å². The van der Waals surface area contributed by atoms with Gasteiger partial charge >= 0.3 is 5.97 Å². The molecule has 0 aliphatic carbocycles. The third kappa shape index (κ3) is 5.54. The van der Waals surface area contributed by atoms with Crippen LogP contribution in [0.15, 0.2) is 60.8 Å². The minimum atomic E-state index is -0.187. The lowest BCUT2D eigenvalue weighted by Gasteiger charge is -2.31. The Balaban J connectivity index is 1.35. The number of rotatable bonds is 6. The first-order valence-corrected chi connectivity index (χ1v) is 11.4. The van der Waals surface area contributed by atoms with E-state index in [0.717, 1.165) is 11.0 Å². The van der Waals surface area contributed by atoms with Gasteiger partial charge in [0.05, 0.1) is 34.9 Å². The maximum Gasteiger partial charge on any atom is 0.309 e. The van der Waals surface area contributed by atoms with Gasteiger partial charge in [-0.3, -0.25) is 19.4 Å². The van der Waals surface area contributed by atoms with Crippen molar-refractivity contribution in [1.82, 2.24) is 14.9 Å². The molecule has 0 N–H and O–H groups in total. The Hall–Kier alpha value is -3.87. The first kappa shape index (κ1) is 23.3. The van der Waals surface area contributed by atoms with E-state index >= 15 is 0 Å². The molecule has 1 aliphatic rings. The molecule has 7 heteroatoms. The normalized spacial score (nSPS) is 14.6. The Kier molecular flexibility index (Phi) is 7.11. The van der Waals surface area contributed by atoms with E-state index in [1.807, 2.05) is 38.1 Å². The van der Waals surface area contributed by atoms with E-state index in [4.69, 9.17) is 4.74 Å². The summed E-state index contributed by atoms with van der Waals surface area (Å²) in [6, 6.07) is 14.2. The lowest BCUT2D eigenvalue weighted by atomic mass is 9.96. The number of likely N-dealkylation sites (tertiary alicyclic amines) is 1. The topological polar surface area (TPSA) is 89.5 Å². The van der Waals surface area contributed by atoms with Crippen molar-refractivity contribution in [3.8, 4) is 0 Å². The highest BCUT2D eigenvalue weighted by atomic mass is 16.5. The van der Waals surface area contributed by atoms with Crippen molar-refractivity contribution in [2.45, 2.75) is 32.8 Å². The van der Waals surface area contributed by atoms with Crippen molar-refractivity contribution < 1.29 is 19.1 Å². The number of aromatic nitrogens is 2. The number of amides is 1. The number of hydrogen-bond acceptors (Lipinski definition) is 6. The zero-order valence-corrected chi connectivity index (χ0v) is 19.3. The molecule has 4 rings (SSSR count). The summed E-state index contributed by atoms with van der Waals surface area (Å²) < 4.78 is 5.29. The highest BCUT2D eigenvalue weighted by molar-refractivity contribution is 6.07. The molecule has 0 atom stereocenters. The Morgan fingerprint density at radius 1 is 0.971 bits per heavy atom. The van der Waals surface area contributed by atoms with Crippen LogP contribution in [0, 0.1) is 5.92 Å². The third-order valence-corrected chi connectivity index (χ3v) is 5.76. The summed E-state index contributed by atoms with van der Waals surface area (Å²) >= 11 is 0. The first-order chi connectivity index (χ1) is 16.4. The molecule has 1 amide bonds. The summed E-state index contributed by atoms with van der Waals surface area (Å²) in [5.41, 5.74) is 3.16. The molecule has 174 valence electrons. The van der Waals surface area contributed by atoms with Gasteiger partial charge in [-0.1, -0.05) is 24.3 Å². The van der Waals surface area contributed by atoms with Crippen LogP contribution in [0.1, 0.15) is 53.1 Å². The van der Waals surface area contributed by atoms with Crippen molar-refractivity contribution in [1.29, 1.82) is 0 Å². The molecule has 2 aromatic carbocycles. The third-order valence-electron chi connectivity index (χ3n) is 5.76. The molecule has 1 aromatic heterocycles. The summed E-state index contributed by atoms with van der Waals surface area (Å²) in [6.45, 7) is 4.68. The van der Waals surface area contributed by atoms with Crippen molar-refractivity contribution in [3.63, 3.8) is 0 Å². The zero-order chi connectivity index (χ0) is 24.1. The van der Waals surface area contributed by atoms with Crippen molar-refractivity contribution in [3.05, 3.63) is 77.6 Å². The number of esters is 1. The van der Waals surface area contributed by atoms with Crippen LogP contribution in [-0.2, 0) is 9.53 Å². The van der Waals surface area contributed by atoms with E-state index in [0.29, 0.717) is 42.8 Å². The van der Waals surface area contributed by atoms with Crippen LogP contribution in [-0.4, -0.2) is 51.7 Å². The predicted molar refractivity (Wildman–Crippen MR) is 129 cm³/mol. The first-order valence-electron chi connectivity index (χ1n) is 11.4. The molecule has 0 bridgehead atoms. The maximum absolute atomic E-state index is 12.8. The minimum Gasteiger partial charge on any atom is -0.463 e. The largest absolute Gasteiger partial charge is 0.463 e. The molecule has 2 heterocycles. The van der Waals surface area contributed by atoms with Gasteiger partial charge < -0.3 is 9.64 Å². The van der Waals surface area contributed by atoms with Gasteiger partial charge in [-0.25, -0.2) is 4.98 Å². The Labute approximate surface area is 198 Å². The number of hydrogen-bond donors (Lipinski definition) is 0. The van der Waals surface area contributed by atoms with Crippen molar-refractivity contribution >= 4 is 34.8 Å². The zero-order valence-electron chi connectivity index (χ0n) is 19.3. The average molecular weight is 458 g/mol. The summed E-state index contributed by atoms with van der Waals surface area (Å²) in [7, 11) is 0. The van der Waals surface area contributed by atoms with Crippen LogP contribution in [0.4, 0.5) is 0 Å². The number of carbonyl (C=O) groups is 3. The quantitative estimate of drug-likeness (QED) is 0.311.